The molecule has 9 nitrogen and oxygen atoms in total. The molecule has 0 saturated carbocycles. The Labute approximate surface area is 247 Å². The first-order valence-electron chi connectivity index (χ1n) is 14.0. The van der Waals surface area contributed by atoms with E-state index >= 15 is 8.78 Å². The molecule has 1 amide bonds. The Balaban J connectivity index is 1.94. The number of phenols is 1. The summed E-state index contributed by atoms with van der Waals surface area (Å²) in [5.41, 5.74) is -5.55. The molecular formula is C30H28ClF2N5O4. The molecule has 12 heteroatoms. The number of aryl methyl sites for hydroxylation is 2. The van der Waals surface area contributed by atoms with Gasteiger partial charge in [0, 0.05) is 6.20 Å². The van der Waals surface area contributed by atoms with Gasteiger partial charge in [-0.05, 0) is 55.2 Å². The molecule has 0 aliphatic carbocycles. The predicted molar refractivity (Wildman–Crippen MR) is 156 cm³/mol. The number of aromatic hydroxyl groups is 1. The lowest BCUT2D eigenvalue weighted by Crippen LogP contribution is -2.63. The molecule has 0 unspecified atom stereocenters. The molecule has 0 atom stereocenters. The van der Waals surface area contributed by atoms with Crippen LogP contribution in [0.5, 0.6) is 5.75 Å². The Morgan fingerprint density at radius 1 is 1.24 bits per heavy atom. The maximum absolute atomic E-state index is 16.2. The van der Waals surface area contributed by atoms with Crippen LogP contribution in [-0.2, 0) is 11.3 Å². The monoisotopic (exact) mass is 597 g/mol. The summed E-state index contributed by atoms with van der Waals surface area (Å²) in [5, 5.41) is 10.5. The summed E-state index contributed by atoms with van der Waals surface area (Å²) in [7, 11) is 0. The summed E-state index contributed by atoms with van der Waals surface area (Å²) in [5.74, 6) is -2.25. The average Bonchev–Trinajstić information content (AvgIpc) is 2.94. The third kappa shape index (κ3) is 4.67. The van der Waals surface area contributed by atoms with Gasteiger partial charge in [0.2, 0.25) is 5.91 Å². The first-order valence-corrected chi connectivity index (χ1v) is 13.4. The summed E-state index contributed by atoms with van der Waals surface area (Å²) in [6.07, 6.45) is 2.47. The third-order valence-electron chi connectivity index (χ3n) is 7.15. The van der Waals surface area contributed by atoms with E-state index in [9.17, 15) is 19.5 Å². The van der Waals surface area contributed by atoms with Gasteiger partial charge in [-0.15, -0.1) is 0 Å². The van der Waals surface area contributed by atoms with Gasteiger partial charge in [0.25, 0.3) is 0 Å². The summed E-state index contributed by atoms with van der Waals surface area (Å²) in [6.45, 7) is 5.55. The van der Waals surface area contributed by atoms with Gasteiger partial charge in [0.05, 0.1) is 55.5 Å². The third-order valence-corrected chi connectivity index (χ3v) is 7.44. The zero-order valence-corrected chi connectivity index (χ0v) is 24.0. The standard InChI is InChI=1S/C30H28ClF2N5O4/c1-6-21(39)36-12-30(33,13-36)14-37-20-11-18(31)24(22-19(32)8-7-17(5)26(22)40)35-27(20)38(29(42)28(37)41)25-16(4)9-10-34-23(25)15(2)3/h6-11,15,40H,1,12-14H2,2-5H3/i14D2. The van der Waals surface area contributed by atoms with Crippen molar-refractivity contribution in [2.75, 3.05) is 13.1 Å². The molecule has 1 N–H and O–H groups in total. The van der Waals surface area contributed by atoms with Crippen LogP contribution in [0.15, 0.2) is 52.7 Å². The van der Waals surface area contributed by atoms with Crippen molar-refractivity contribution in [3.63, 3.8) is 0 Å². The molecule has 3 aromatic heterocycles. The topological polar surface area (TPSA) is 110 Å². The van der Waals surface area contributed by atoms with E-state index in [4.69, 9.17) is 14.3 Å². The first-order chi connectivity index (χ1) is 20.6. The smallest absolute Gasteiger partial charge is 0.322 e. The van der Waals surface area contributed by atoms with Crippen LogP contribution in [0.25, 0.3) is 28.1 Å². The molecule has 0 bridgehead atoms. The highest BCUT2D eigenvalue weighted by molar-refractivity contribution is 6.33. The molecule has 4 heterocycles. The Morgan fingerprint density at radius 3 is 2.57 bits per heavy atom. The molecule has 1 aliphatic rings. The number of phenolic OH excluding ortho intramolecular Hbond substituents is 1. The van der Waals surface area contributed by atoms with Gasteiger partial charge in [-0.25, -0.2) is 13.8 Å². The number of alkyl halides is 1. The van der Waals surface area contributed by atoms with Gasteiger partial charge in [-0.2, -0.15) is 0 Å². The van der Waals surface area contributed by atoms with Crippen LogP contribution in [0, 0.1) is 19.7 Å². The number of fused-ring (bicyclic) bond motifs is 1. The number of amides is 1. The maximum Gasteiger partial charge on any atom is 0.322 e. The fraction of sp³-hybridized carbons (Fsp3) is 0.300. The van der Waals surface area contributed by atoms with E-state index < -0.39 is 53.8 Å². The van der Waals surface area contributed by atoms with Crippen LogP contribution in [0.4, 0.5) is 8.78 Å². The molecule has 4 aromatic rings. The molecule has 1 aromatic carbocycles. The summed E-state index contributed by atoms with van der Waals surface area (Å²) in [4.78, 5) is 49.7. The molecule has 42 heavy (non-hydrogen) atoms. The van der Waals surface area contributed by atoms with Gasteiger partial charge in [0.1, 0.15) is 11.6 Å². The Kier molecular flexibility index (Phi) is 6.61. The van der Waals surface area contributed by atoms with Crippen molar-refractivity contribution in [3.05, 3.63) is 91.5 Å². The van der Waals surface area contributed by atoms with Crippen molar-refractivity contribution in [1.82, 2.24) is 24.0 Å². The van der Waals surface area contributed by atoms with E-state index in [-0.39, 0.29) is 39.0 Å². The zero-order chi connectivity index (χ0) is 32.5. The maximum atomic E-state index is 16.2. The Morgan fingerprint density at radius 2 is 1.93 bits per heavy atom. The van der Waals surface area contributed by atoms with E-state index in [2.05, 4.69) is 16.5 Å². The van der Waals surface area contributed by atoms with E-state index in [1.54, 1.807) is 13.0 Å². The molecule has 0 spiro atoms. The number of hydrogen-bond donors (Lipinski definition) is 1. The highest BCUT2D eigenvalue weighted by Gasteiger charge is 2.46. The Hall–Kier alpha value is -4.38. The molecule has 0 radical (unpaired) electrons. The fourth-order valence-electron chi connectivity index (χ4n) is 4.98. The van der Waals surface area contributed by atoms with Crippen molar-refractivity contribution < 1.29 is 21.4 Å². The zero-order valence-electron chi connectivity index (χ0n) is 25.2. The number of pyridine rings is 2. The highest BCUT2D eigenvalue weighted by Crippen LogP contribution is 2.39. The van der Waals surface area contributed by atoms with Gasteiger partial charge in [-0.3, -0.25) is 28.5 Å². The minimum Gasteiger partial charge on any atom is -0.507 e. The fourth-order valence-corrected chi connectivity index (χ4v) is 5.22. The molecule has 218 valence electrons. The minimum atomic E-state index is -3.19. The molecular weight excluding hydrogens is 568 g/mol. The van der Waals surface area contributed by atoms with Crippen molar-refractivity contribution in [2.24, 2.45) is 0 Å². The largest absolute Gasteiger partial charge is 0.507 e. The van der Waals surface area contributed by atoms with Crippen LogP contribution in [0.3, 0.4) is 0 Å². The van der Waals surface area contributed by atoms with Gasteiger partial charge in [0.15, 0.2) is 11.3 Å². The van der Waals surface area contributed by atoms with E-state index in [0.29, 0.717) is 21.4 Å². The second-order valence-electron chi connectivity index (χ2n) is 10.5. The molecule has 1 saturated heterocycles. The van der Waals surface area contributed by atoms with Crippen LogP contribution >= 0.6 is 11.6 Å². The van der Waals surface area contributed by atoms with E-state index in [1.807, 2.05) is 13.8 Å². The van der Waals surface area contributed by atoms with Crippen molar-refractivity contribution >= 4 is 28.7 Å². The highest BCUT2D eigenvalue weighted by atomic mass is 35.5. The van der Waals surface area contributed by atoms with Crippen LogP contribution < -0.4 is 11.1 Å². The number of halogens is 3. The van der Waals surface area contributed by atoms with Crippen LogP contribution in [-0.4, -0.2) is 53.8 Å². The SMILES string of the molecule is [2H]C([2H])(n1c(=O)c(=O)n(-c2c(C)ccnc2C(C)C)c2nc(-c3c(F)ccc(C)c3O)c(Cl)cc21)C1(F)CN(C(=O)C=C)C1. The minimum absolute atomic E-state index is 0.179. The van der Waals surface area contributed by atoms with Crippen molar-refractivity contribution in [3.8, 4) is 22.7 Å². The number of carbonyl (C=O) groups excluding carboxylic acids is 1. The first kappa shape index (κ1) is 26.5. The average molecular weight is 598 g/mol. The second-order valence-corrected chi connectivity index (χ2v) is 10.9. The summed E-state index contributed by atoms with van der Waals surface area (Å²) < 4.78 is 50.2. The number of likely N-dealkylation sites (tertiary alicyclic amines) is 1. The predicted octanol–water partition coefficient (Wildman–Crippen LogP) is 4.58. The van der Waals surface area contributed by atoms with Gasteiger partial charge < -0.3 is 10.0 Å². The number of benzene rings is 1. The lowest BCUT2D eigenvalue weighted by molar-refractivity contribution is -0.141. The van der Waals surface area contributed by atoms with Crippen LogP contribution in [0.1, 0.15) is 39.3 Å². The molecule has 1 fully saturated rings. The lowest BCUT2D eigenvalue weighted by atomic mass is 9.95. The van der Waals surface area contributed by atoms with Gasteiger partial charge in [-0.1, -0.05) is 38.1 Å². The molecule has 1 aliphatic heterocycles. The number of carbonyl (C=O) groups is 1. The normalized spacial score (nSPS) is 15.4. The van der Waals surface area contributed by atoms with Crippen molar-refractivity contribution in [1.29, 1.82) is 0 Å². The quantitative estimate of drug-likeness (QED) is 0.257. The number of rotatable bonds is 6. The second kappa shape index (κ2) is 10.5. The van der Waals surface area contributed by atoms with Crippen LogP contribution in [0.2, 0.25) is 5.02 Å². The van der Waals surface area contributed by atoms with E-state index in [1.165, 1.54) is 19.2 Å². The number of nitrogens with zero attached hydrogens (tertiary/aromatic N) is 5. The Bertz CT molecular complexity index is 2000. The summed E-state index contributed by atoms with van der Waals surface area (Å²) >= 11 is 6.57. The lowest BCUT2D eigenvalue weighted by Gasteiger charge is -2.44. The van der Waals surface area contributed by atoms with E-state index in [0.717, 1.165) is 27.7 Å². The summed E-state index contributed by atoms with van der Waals surface area (Å²) in [6, 6.07) is 5.12. The number of aromatic nitrogens is 4. The van der Waals surface area contributed by atoms with Crippen molar-refractivity contribution in [2.45, 2.75) is 45.8 Å². The molecule has 5 rings (SSSR count). The van der Waals surface area contributed by atoms with Gasteiger partial charge >= 0.3 is 11.1 Å². The number of hydrogen-bond acceptors (Lipinski definition) is 6.